The first kappa shape index (κ1) is 16.8. The van der Waals surface area contributed by atoms with Gasteiger partial charge in [-0.2, -0.15) is 0 Å². The minimum absolute atomic E-state index is 0.167. The third-order valence-corrected chi connectivity index (χ3v) is 4.75. The second-order valence-corrected chi connectivity index (χ2v) is 7.17. The van der Waals surface area contributed by atoms with E-state index in [4.69, 9.17) is 9.72 Å². The Hall–Kier alpha value is -2.62. The lowest BCUT2D eigenvalue weighted by Gasteiger charge is -2.27. The van der Waals surface area contributed by atoms with Gasteiger partial charge in [-0.05, 0) is 68.5 Å². The van der Waals surface area contributed by atoms with Crippen LogP contribution in [0.2, 0.25) is 0 Å². The highest BCUT2D eigenvalue weighted by Crippen LogP contribution is 2.27. The van der Waals surface area contributed by atoms with E-state index in [1.54, 1.807) is 0 Å². The summed E-state index contributed by atoms with van der Waals surface area (Å²) in [5, 5.41) is 0. The molecule has 26 heavy (non-hydrogen) atoms. The molecule has 1 aromatic heterocycles. The smallest absolute Gasteiger partial charge is 0.147 e. The lowest BCUT2D eigenvalue weighted by atomic mass is 10.0. The van der Waals surface area contributed by atoms with Gasteiger partial charge in [-0.25, -0.2) is 4.98 Å². The van der Waals surface area contributed by atoms with E-state index >= 15 is 0 Å². The molecule has 1 fully saturated rings. The Balaban J connectivity index is 1.68. The summed E-state index contributed by atoms with van der Waals surface area (Å²) in [5.74, 6) is 1.89. The molecule has 4 heteroatoms. The van der Waals surface area contributed by atoms with Crippen LogP contribution in [0.5, 0.6) is 5.75 Å². The van der Waals surface area contributed by atoms with Crippen molar-refractivity contribution in [1.29, 1.82) is 0 Å². The van der Waals surface area contributed by atoms with Crippen LogP contribution in [-0.4, -0.2) is 29.2 Å². The molecule has 0 N–H and O–H groups in total. The summed E-state index contributed by atoms with van der Waals surface area (Å²) in [7, 11) is 0. The van der Waals surface area contributed by atoms with Crippen LogP contribution in [0.15, 0.2) is 48.7 Å². The van der Waals surface area contributed by atoms with E-state index in [1.165, 1.54) is 19.3 Å². The van der Waals surface area contributed by atoms with E-state index in [0.29, 0.717) is 0 Å². The minimum atomic E-state index is 0.167. The van der Waals surface area contributed by atoms with Gasteiger partial charge < -0.3 is 9.64 Å². The summed E-state index contributed by atoms with van der Waals surface area (Å²) in [6, 6.07) is 14.5. The van der Waals surface area contributed by atoms with Crippen LogP contribution in [0.25, 0.3) is 22.2 Å². The Bertz CT molecular complexity index is 901. The SMILES string of the molecule is CC(C)Oc1cccc(-c2ccc3ncc(N4CCCCC4)nc3c2)c1. The fraction of sp³-hybridized carbons (Fsp3) is 0.364. The zero-order valence-electron chi connectivity index (χ0n) is 15.5. The molecule has 0 atom stereocenters. The molecule has 0 spiro atoms. The molecule has 1 saturated heterocycles. The van der Waals surface area contributed by atoms with Gasteiger partial charge in [-0.1, -0.05) is 18.2 Å². The Morgan fingerprint density at radius 1 is 0.923 bits per heavy atom. The third-order valence-electron chi connectivity index (χ3n) is 4.75. The fourth-order valence-electron chi connectivity index (χ4n) is 3.48. The first-order valence-corrected chi connectivity index (χ1v) is 9.48. The standard InChI is InChI=1S/C22H25N3O/c1-16(2)26-19-8-6-7-17(13-19)18-9-10-20-21(14-18)24-22(15-23-20)25-11-4-3-5-12-25/h6-10,13-16H,3-5,11-12H2,1-2H3. The molecule has 4 nitrogen and oxygen atoms in total. The van der Waals surface area contributed by atoms with Crippen molar-refractivity contribution in [1.82, 2.24) is 9.97 Å². The summed E-state index contributed by atoms with van der Waals surface area (Å²) in [5.41, 5.74) is 4.15. The van der Waals surface area contributed by atoms with Crippen molar-refractivity contribution < 1.29 is 4.74 Å². The lowest BCUT2D eigenvalue weighted by molar-refractivity contribution is 0.242. The highest BCUT2D eigenvalue weighted by atomic mass is 16.5. The number of anilines is 1. The van der Waals surface area contributed by atoms with Crippen LogP contribution in [0, 0.1) is 0 Å². The second-order valence-electron chi connectivity index (χ2n) is 7.17. The summed E-state index contributed by atoms with van der Waals surface area (Å²) in [4.78, 5) is 11.9. The van der Waals surface area contributed by atoms with E-state index in [1.807, 2.05) is 38.2 Å². The largest absolute Gasteiger partial charge is 0.491 e. The number of nitrogens with zero attached hydrogens (tertiary/aromatic N) is 3. The van der Waals surface area contributed by atoms with Crippen LogP contribution in [-0.2, 0) is 0 Å². The van der Waals surface area contributed by atoms with Gasteiger partial charge in [0.05, 0.1) is 23.3 Å². The van der Waals surface area contributed by atoms with Gasteiger partial charge in [0, 0.05) is 13.1 Å². The van der Waals surface area contributed by atoms with E-state index in [-0.39, 0.29) is 6.10 Å². The molecule has 0 amide bonds. The minimum Gasteiger partial charge on any atom is -0.491 e. The highest BCUT2D eigenvalue weighted by molar-refractivity contribution is 5.82. The van der Waals surface area contributed by atoms with Crippen molar-refractivity contribution >= 4 is 16.9 Å². The van der Waals surface area contributed by atoms with Gasteiger partial charge in [-0.15, -0.1) is 0 Å². The van der Waals surface area contributed by atoms with Gasteiger partial charge in [0.15, 0.2) is 0 Å². The van der Waals surface area contributed by atoms with Crippen molar-refractivity contribution in [3.8, 4) is 16.9 Å². The van der Waals surface area contributed by atoms with E-state index in [0.717, 1.165) is 46.8 Å². The van der Waals surface area contributed by atoms with Crippen LogP contribution in [0.1, 0.15) is 33.1 Å². The zero-order chi connectivity index (χ0) is 17.9. The highest BCUT2D eigenvalue weighted by Gasteiger charge is 2.13. The monoisotopic (exact) mass is 347 g/mol. The number of rotatable bonds is 4. The molecule has 0 bridgehead atoms. The maximum absolute atomic E-state index is 5.83. The third kappa shape index (κ3) is 3.64. The van der Waals surface area contributed by atoms with Crippen LogP contribution >= 0.6 is 0 Å². The van der Waals surface area contributed by atoms with Crippen LogP contribution in [0.4, 0.5) is 5.82 Å². The molecule has 1 aliphatic rings. The van der Waals surface area contributed by atoms with E-state index < -0.39 is 0 Å². The van der Waals surface area contributed by atoms with Gasteiger partial charge in [-0.3, -0.25) is 4.98 Å². The topological polar surface area (TPSA) is 38.2 Å². The molecular weight excluding hydrogens is 322 g/mol. The normalized spacial score (nSPS) is 14.8. The van der Waals surface area contributed by atoms with Crippen molar-refractivity contribution in [2.45, 2.75) is 39.2 Å². The van der Waals surface area contributed by atoms with Gasteiger partial charge >= 0.3 is 0 Å². The molecule has 0 aliphatic carbocycles. The molecule has 0 unspecified atom stereocenters. The average molecular weight is 347 g/mol. The second kappa shape index (κ2) is 7.32. The zero-order valence-corrected chi connectivity index (χ0v) is 15.5. The van der Waals surface area contributed by atoms with E-state index in [9.17, 15) is 0 Å². The molecular formula is C22H25N3O. The number of aromatic nitrogens is 2. The Morgan fingerprint density at radius 3 is 2.54 bits per heavy atom. The number of fused-ring (bicyclic) bond motifs is 1. The number of ether oxygens (including phenoxy) is 1. The predicted molar refractivity (Wildman–Crippen MR) is 107 cm³/mol. The van der Waals surface area contributed by atoms with E-state index in [2.05, 4.69) is 34.1 Å². The molecule has 4 rings (SSSR count). The van der Waals surface area contributed by atoms with Crippen molar-refractivity contribution in [3.05, 3.63) is 48.7 Å². The van der Waals surface area contributed by atoms with Gasteiger partial charge in [0.1, 0.15) is 11.6 Å². The first-order chi connectivity index (χ1) is 12.7. The Labute approximate surface area is 154 Å². The Kier molecular flexibility index (Phi) is 4.74. The van der Waals surface area contributed by atoms with Gasteiger partial charge in [0.2, 0.25) is 0 Å². The molecule has 0 radical (unpaired) electrons. The predicted octanol–water partition coefficient (Wildman–Crippen LogP) is 5.07. The summed E-state index contributed by atoms with van der Waals surface area (Å²) in [6.07, 6.45) is 5.87. The van der Waals surface area contributed by atoms with Crippen molar-refractivity contribution in [3.63, 3.8) is 0 Å². The fourth-order valence-corrected chi connectivity index (χ4v) is 3.48. The number of benzene rings is 2. The summed E-state index contributed by atoms with van der Waals surface area (Å²) < 4.78 is 5.83. The summed E-state index contributed by atoms with van der Waals surface area (Å²) >= 11 is 0. The molecule has 0 saturated carbocycles. The quantitative estimate of drug-likeness (QED) is 0.660. The molecule has 2 aromatic carbocycles. The average Bonchev–Trinajstić information content (AvgIpc) is 2.67. The molecule has 134 valence electrons. The lowest BCUT2D eigenvalue weighted by Crippen LogP contribution is -2.30. The van der Waals surface area contributed by atoms with Crippen LogP contribution in [0.3, 0.4) is 0 Å². The molecule has 1 aliphatic heterocycles. The Morgan fingerprint density at radius 2 is 1.73 bits per heavy atom. The van der Waals surface area contributed by atoms with Crippen LogP contribution < -0.4 is 9.64 Å². The van der Waals surface area contributed by atoms with Crippen molar-refractivity contribution in [2.24, 2.45) is 0 Å². The number of hydrogen-bond acceptors (Lipinski definition) is 4. The molecule has 2 heterocycles. The number of piperidine rings is 1. The number of hydrogen-bond donors (Lipinski definition) is 0. The summed E-state index contributed by atoms with van der Waals surface area (Å²) in [6.45, 7) is 6.24. The maximum atomic E-state index is 5.83. The van der Waals surface area contributed by atoms with Gasteiger partial charge in [0.25, 0.3) is 0 Å². The first-order valence-electron chi connectivity index (χ1n) is 9.48. The van der Waals surface area contributed by atoms with Crippen molar-refractivity contribution in [2.75, 3.05) is 18.0 Å². The molecule has 3 aromatic rings. The maximum Gasteiger partial charge on any atom is 0.147 e.